The van der Waals surface area contributed by atoms with Gasteiger partial charge < -0.3 is 10.4 Å². The molecule has 0 unspecified atom stereocenters. The molecule has 0 aliphatic heterocycles. The molecule has 0 fully saturated rings. The normalized spacial score (nSPS) is 11.1. The molecule has 5 heteroatoms. The van der Waals surface area contributed by atoms with Gasteiger partial charge in [-0.15, -0.1) is 0 Å². The van der Waals surface area contributed by atoms with E-state index in [1.165, 1.54) is 13.8 Å². The Bertz CT molecular complexity index is 440. The summed E-state index contributed by atoms with van der Waals surface area (Å²) in [5, 5.41) is 11.6. The van der Waals surface area contributed by atoms with Crippen LogP contribution in [0.15, 0.2) is 28.7 Å². The first-order valence-corrected chi connectivity index (χ1v) is 6.35. The van der Waals surface area contributed by atoms with Crippen molar-refractivity contribution in [3.8, 4) is 0 Å². The number of carboxylic acids is 1. The van der Waals surface area contributed by atoms with Crippen LogP contribution in [0.2, 0.25) is 0 Å². The predicted octanol–water partition coefficient (Wildman–Crippen LogP) is 2.57. The van der Waals surface area contributed by atoms with Gasteiger partial charge >= 0.3 is 5.97 Å². The summed E-state index contributed by atoms with van der Waals surface area (Å²) in [6.45, 7) is 3.48. The molecule has 1 aromatic carbocycles. The molecule has 0 saturated carbocycles. The lowest BCUT2D eigenvalue weighted by atomic mass is 9.89. The average Bonchev–Trinajstić information content (AvgIpc) is 2.27. The molecular weight excluding hydrogens is 298 g/mol. The van der Waals surface area contributed by atoms with Crippen LogP contribution in [-0.4, -0.2) is 17.0 Å². The third kappa shape index (κ3) is 4.49. The van der Waals surface area contributed by atoms with E-state index < -0.39 is 11.4 Å². The van der Waals surface area contributed by atoms with E-state index in [1.807, 2.05) is 24.3 Å². The van der Waals surface area contributed by atoms with Gasteiger partial charge in [0.15, 0.2) is 0 Å². The highest BCUT2D eigenvalue weighted by Crippen LogP contribution is 2.20. The second-order valence-corrected chi connectivity index (χ2v) is 5.68. The molecule has 0 aliphatic carbocycles. The van der Waals surface area contributed by atoms with Crippen LogP contribution < -0.4 is 5.32 Å². The molecule has 0 bridgehead atoms. The van der Waals surface area contributed by atoms with Crippen molar-refractivity contribution in [1.29, 1.82) is 0 Å². The maximum absolute atomic E-state index is 11.6. The van der Waals surface area contributed by atoms with Gasteiger partial charge in [0, 0.05) is 17.4 Å². The quantitative estimate of drug-likeness (QED) is 0.878. The van der Waals surface area contributed by atoms with Crippen LogP contribution >= 0.6 is 15.9 Å². The zero-order valence-corrected chi connectivity index (χ0v) is 12.0. The first-order valence-electron chi connectivity index (χ1n) is 5.56. The Labute approximate surface area is 115 Å². The Hall–Kier alpha value is -1.36. The number of carboxylic acid groups (broad SMARTS) is 1. The predicted molar refractivity (Wildman–Crippen MR) is 72.0 cm³/mol. The zero-order valence-electron chi connectivity index (χ0n) is 10.4. The molecule has 0 aromatic heterocycles. The van der Waals surface area contributed by atoms with Crippen LogP contribution in [0.1, 0.15) is 25.8 Å². The van der Waals surface area contributed by atoms with Crippen LogP contribution in [0, 0.1) is 5.41 Å². The second kappa shape index (κ2) is 6.00. The Kier molecular flexibility index (Phi) is 4.90. The van der Waals surface area contributed by atoms with E-state index >= 15 is 0 Å². The number of rotatable bonds is 5. The van der Waals surface area contributed by atoms with E-state index in [9.17, 15) is 9.59 Å². The van der Waals surface area contributed by atoms with Crippen molar-refractivity contribution in [2.75, 3.05) is 0 Å². The first-order chi connectivity index (χ1) is 8.31. The molecule has 18 heavy (non-hydrogen) atoms. The lowest BCUT2D eigenvalue weighted by molar-refractivity contribution is -0.149. The van der Waals surface area contributed by atoms with Crippen molar-refractivity contribution in [2.24, 2.45) is 5.41 Å². The SMILES string of the molecule is CC(C)(CC(=O)NCc1ccc(Br)cc1)C(=O)O. The molecular formula is C13H16BrNO3. The van der Waals surface area contributed by atoms with Gasteiger partial charge in [-0.05, 0) is 31.5 Å². The van der Waals surface area contributed by atoms with E-state index in [1.54, 1.807) is 0 Å². The van der Waals surface area contributed by atoms with Gasteiger partial charge in [0.05, 0.1) is 5.41 Å². The van der Waals surface area contributed by atoms with Gasteiger partial charge in [-0.1, -0.05) is 28.1 Å². The van der Waals surface area contributed by atoms with E-state index in [0.29, 0.717) is 6.54 Å². The third-order valence-corrected chi connectivity index (χ3v) is 3.11. The summed E-state index contributed by atoms with van der Waals surface area (Å²) in [4.78, 5) is 22.5. The van der Waals surface area contributed by atoms with Crippen molar-refractivity contribution in [1.82, 2.24) is 5.32 Å². The van der Waals surface area contributed by atoms with Gasteiger partial charge in [-0.2, -0.15) is 0 Å². The molecule has 1 amide bonds. The van der Waals surface area contributed by atoms with E-state index in [2.05, 4.69) is 21.2 Å². The first kappa shape index (κ1) is 14.7. The molecule has 4 nitrogen and oxygen atoms in total. The molecule has 0 radical (unpaired) electrons. The molecule has 0 heterocycles. The molecule has 0 spiro atoms. The largest absolute Gasteiger partial charge is 0.481 e. The third-order valence-electron chi connectivity index (χ3n) is 2.58. The number of benzene rings is 1. The Morgan fingerprint density at radius 1 is 1.28 bits per heavy atom. The van der Waals surface area contributed by atoms with Crippen molar-refractivity contribution < 1.29 is 14.7 Å². The molecule has 98 valence electrons. The molecule has 1 aromatic rings. The number of carbonyl (C=O) groups is 2. The summed E-state index contributed by atoms with van der Waals surface area (Å²) in [5.74, 6) is -1.23. The number of hydrogen-bond acceptors (Lipinski definition) is 2. The number of aliphatic carboxylic acids is 1. The number of carbonyl (C=O) groups excluding carboxylic acids is 1. The molecule has 0 saturated heterocycles. The minimum Gasteiger partial charge on any atom is -0.481 e. The number of halogens is 1. The summed E-state index contributed by atoms with van der Waals surface area (Å²) in [6.07, 6.45) is -0.0289. The van der Waals surface area contributed by atoms with Crippen LogP contribution in [0.25, 0.3) is 0 Å². The van der Waals surface area contributed by atoms with Crippen LogP contribution in [0.5, 0.6) is 0 Å². The van der Waals surface area contributed by atoms with Crippen molar-refractivity contribution in [3.63, 3.8) is 0 Å². The van der Waals surface area contributed by atoms with Crippen molar-refractivity contribution in [3.05, 3.63) is 34.3 Å². The summed E-state index contributed by atoms with van der Waals surface area (Å²) in [6, 6.07) is 7.57. The van der Waals surface area contributed by atoms with E-state index in [-0.39, 0.29) is 12.3 Å². The average molecular weight is 314 g/mol. The summed E-state index contributed by atoms with van der Waals surface area (Å²) in [7, 11) is 0. The molecule has 0 aliphatic rings. The maximum Gasteiger partial charge on any atom is 0.309 e. The molecule has 1 rings (SSSR count). The van der Waals surface area contributed by atoms with Gasteiger partial charge in [-0.25, -0.2) is 0 Å². The van der Waals surface area contributed by atoms with Crippen LogP contribution in [0.3, 0.4) is 0 Å². The lowest BCUT2D eigenvalue weighted by Gasteiger charge is -2.18. The standard InChI is InChI=1S/C13H16BrNO3/c1-13(2,12(17)18)7-11(16)15-8-9-3-5-10(14)6-4-9/h3-6H,7-8H2,1-2H3,(H,15,16)(H,17,18). The summed E-state index contributed by atoms with van der Waals surface area (Å²) in [5.41, 5.74) is -0.0660. The highest BCUT2D eigenvalue weighted by atomic mass is 79.9. The van der Waals surface area contributed by atoms with Gasteiger partial charge in [0.25, 0.3) is 0 Å². The van der Waals surface area contributed by atoms with Crippen molar-refractivity contribution >= 4 is 27.8 Å². The maximum atomic E-state index is 11.6. The summed E-state index contributed by atoms with van der Waals surface area (Å²) >= 11 is 3.33. The molecule has 2 N–H and O–H groups in total. The van der Waals surface area contributed by atoms with E-state index in [4.69, 9.17) is 5.11 Å². The monoisotopic (exact) mass is 313 g/mol. The number of nitrogens with one attached hydrogen (secondary N) is 1. The lowest BCUT2D eigenvalue weighted by Crippen LogP contribution is -2.33. The van der Waals surface area contributed by atoms with Gasteiger partial charge in [-0.3, -0.25) is 9.59 Å². The fourth-order valence-corrected chi connectivity index (χ4v) is 1.61. The fraction of sp³-hybridized carbons (Fsp3) is 0.385. The fourth-order valence-electron chi connectivity index (χ4n) is 1.34. The number of hydrogen-bond donors (Lipinski definition) is 2. The second-order valence-electron chi connectivity index (χ2n) is 4.77. The highest BCUT2D eigenvalue weighted by molar-refractivity contribution is 9.10. The minimum absolute atomic E-state index is 0.0289. The van der Waals surface area contributed by atoms with Crippen LogP contribution in [0.4, 0.5) is 0 Å². The number of amides is 1. The Balaban J connectivity index is 2.47. The Morgan fingerprint density at radius 3 is 2.33 bits per heavy atom. The zero-order chi connectivity index (χ0) is 13.8. The molecule has 0 atom stereocenters. The topological polar surface area (TPSA) is 66.4 Å². The van der Waals surface area contributed by atoms with Crippen LogP contribution in [-0.2, 0) is 16.1 Å². The Morgan fingerprint density at radius 2 is 1.83 bits per heavy atom. The van der Waals surface area contributed by atoms with E-state index in [0.717, 1.165) is 10.0 Å². The van der Waals surface area contributed by atoms with Gasteiger partial charge in [0.1, 0.15) is 0 Å². The highest BCUT2D eigenvalue weighted by Gasteiger charge is 2.29. The smallest absolute Gasteiger partial charge is 0.309 e. The minimum atomic E-state index is -1.04. The summed E-state index contributed by atoms with van der Waals surface area (Å²) < 4.78 is 0.976. The van der Waals surface area contributed by atoms with Crippen molar-refractivity contribution in [2.45, 2.75) is 26.8 Å². The van der Waals surface area contributed by atoms with Gasteiger partial charge in [0.2, 0.25) is 5.91 Å².